The van der Waals surface area contributed by atoms with Gasteiger partial charge in [-0.2, -0.15) is 0 Å². The number of fused-ring (bicyclic) bond motifs is 1. The number of para-hydroxylation sites is 1. The van der Waals surface area contributed by atoms with Crippen LogP contribution in [0.15, 0.2) is 60.7 Å². The molecule has 0 aliphatic carbocycles. The molecule has 3 aromatic carbocycles. The van der Waals surface area contributed by atoms with Crippen molar-refractivity contribution in [1.29, 1.82) is 0 Å². The van der Waals surface area contributed by atoms with E-state index in [0.29, 0.717) is 39.6 Å². The summed E-state index contributed by atoms with van der Waals surface area (Å²) in [5, 5.41) is 4.94. The van der Waals surface area contributed by atoms with Gasteiger partial charge in [0, 0.05) is 24.6 Å². The Labute approximate surface area is 230 Å². The van der Waals surface area contributed by atoms with Crippen LogP contribution in [0.4, 0.5) is 10.5 Å². The zero-order chi connectivity index (χ0) is 28.2. The average Bonchev–Trinajstić information content (AvgIpc) is 3.29. The monoisotopic (exact) mass is 545 g/mol. The number of amides is 4. The van der Waals surface area contributed by atoms with Crippen molar-refractivity contribution in [3.63, 3.8) is 0 Å². The highest BCUT2D eigenvalue weighted by molar-refractivity contribution is 6.06. The number of hydrogen-bond acceptors (Lipinski definition) is 8. The van der Waals surface area contributed by atoms with Crippen LogP contribution >= 0.6 is 0 Å². The van der Waals surface area contributed by atoms with Crippen LogP contribution in [0, 0.1) is 0 Å². The molecule has 0 radical (unpaired) electrons. The second kappa shape index (κ2) is 11.4. The summed E-state index contributed by atoms with van der Waals surface area (Å²) in [5.41, 5.74) is 1.85. The van der Waals surface area contributed by atoms with Crippen LogP contribution in [0.5, 0.6) is 23.0 Å². The van der Waals surface area contributed by atoms with Crippen molar-refractivity contribution >= 4 is 29.5 Å². The standard InChI is InChI=1S/C29H27N3O8/c1-37-23-14-20(40-19-6-4-3-5-7-19)10-11-21(23)30-29(36)39-16-18-9-8-17-15-32(28(35)25(17)26(18)38-2)22-12-13-24(33)31-27(22)34/h3-11,14,22H,12-13,15-16H2,1-2H3,(H,30,36)(H,31,33,34). The molecule has 0 aromatic heterocycles. The molecule has 1 fully saturated rings. The van der Waals surface area contributed by atoms with Gasteiger partial charge in [0.05, 0.1) is 25.5 Å². The molecule has 40 heavy (non-hydrogen) atoms. The minimum absolute atomic E-state index is 0.162. The maximum Gasteiger partial charge on any atom is 0.412 e. The van der Waals surface area contributed by atoms with Crippen LogP contribution in [0.2, 0.25) is 0 Å². The van der Waals surface area contributed by atoms with Crippen molar-refractivity contribution in [3.8, 4) is 23.0 Å². The van der Waals surface area contributed by atoms with Crippen molar-refractivity contribution in [3.05, 3.63) is 77.4 Å². The summed E-state index contributed by atoms with van der Waals surface area (Å²) >= 11 is 0. The Morgan fingerprint density at radius 1 is 1.00 bits per heavy atom. The summed E-state index contributed by atoms with van der Waals surface area (Å²) in [6.45, 7) is 0.0354. The smallest absolute Gasteiger partial charge is 0.412 e. The Morgan fingerprint density at radius 2 is 1.80 bits per heavy atom. The molecule has 3 aromatic rings. The molecule has 1 saturated heterocycles. The van der Waals surface area contributed by atoms with Crippen molar-refractivity contribution in [2.45, 2.75) is 32.0 Å². The van der Waals surface area contributed by atoms with Crippen molar-refractivity contribution in [1.82, 2.24) is 10.2 Å². The molecule has 1 unspecified atom stereocenters. The predicted octanol–water partition coefficient (Wildman–Crippen LogP) is 4.01. The van der Waals surface area contributed by atoms with Crippen LogP contribution in [-0.4, -0.2) is 49.0 Å². The number of carbonyl (C=O) groups excluding carboxylic acids is 4. The van der Waals surface area contributed by atoms with Gasteiger partial charge < -0.3 is 23.8 Å². The van der Waals surface area contributed by atoms with E-state index < -0.39 is 18.0 Å². The molecule has 2 heterocycles. The number of ether oxygens (including phenoxy) is 4. The Balaban J connectivity index is 1.25. The van der Waals surface area contributed by atoms with E-state index in [9.17, 15) is 19.2 Å². The molecule has 5 rings (SSSR count). The number of nitrogens with one attached hydrogen (secondary N) is 2. The summed E-state index contributed by atoms with van der Waals surface area (Å²) in [5.74, 6) is 0.605. The van der Waals surface area contributed by atoms with Crippen LogP contribution in [0.25, 0.3) is 0 Å². The molecule has 11 heteroatoms. The fourth-order valence-corrected chi connectivity index (χ4v) is 4.76. The molecule has 4 amide bonds. The van der Waals surface area contributed by atoms with Crippen LogP contribution in [-0.2, 0) is 27.5 Å². The Hall–Kier alpha value is -5.06. The number of methoxy groups -OCH3 is 2. The zero-order valence-electron chi connectivity index (χ0n) is 21.9. The van der Waals surface area contributed by atoms with Crippen LogP contribution in [0.3, 0.4) is 0 Å². The highest BCUT2D eigenvalue weighted by Crippen LogP contribution is 2.37. The summed E-state index contributed by atoms with van der Waals surface area (Å²) < 4.78 is 22.2. The lowest BCUT2D eigenvalue weighted by Gasteiger charge is -2.29. The minimum Gasteiger partial charge on any atom is -0.495 e. The maximum absolute atomic E-state index is 13.3. The number of benzene rings is 3. The molecule has 0 saturated carbocycles. The van der Waals surface area contributed by atoms with Crippen molar-refractivity contribution in [2.75, 3.05) is 19.5 Å². The van der Waals surface area contributed by atoms with Gasteiger partial charge in [-0.3, -0.25) is 25.0 Å². The summed E-state index contributed by atoms with van der Waals surface area (Å²) in [6, 6.07) is 16.9. The fraction of sp³-hybridized carbons (Fsp3) is 0.241. The third kappa shape index (κ3) is 5.39. The Kier molecular flexibility index (Phi) is 7.54. The van der Waals surface area contributed by atoms with E-state index in [-0.39, 0.29) is 43.6 Å². The molecule has 1 atom stereocenters. The van der Waals surface area contributed by atoms with E-state index in [2.05, 4.69) is 10.6 Å². The molecule has 0 bridgehead atoms. The van der Waals surface area contributed by atoms with Gasteiger partial charge in [-0.05, 0) is 36.2 Å². The van der Waals surface area contributed by atoms with E-state index in [1.807, 2.05) is 30.3 Å². The average molecular weight is 546 g/mol. The molecular weight excluding hydrogens is 518 g/mol. The van der Waals surface area contributed by atoms with E-state index >= 15 is 0 Å². The first-order valence-electron chi connectivity index (χ1n) is 12.6. The molecule has 11 nitrogen and oxygen atoms in total. The normalized spacial score (nSPS) is 16.2. The highest BCUT2D eigenvalue weighted by atomic mass is 16.5. The number of hydrogen-bond donors (Lipinski definition) is 2. The van der Waals surface area contributed by atoms with Gasteiger partial charge >= 0.3 is 6.09 Å². The largest absolute Gasteiger partial charge is 0.495 e. The third-order valence-electron chi connectivity index (χ3n) is 6.68. The van der Waals surface area contributed by atoms with Gasteiger partial charge in [0.25, 0.3) is 5.91 Å². The van der Waals surface area contributed by atoms with Gasteiger partial charge in [0.15, 0.2) is 0 Å². The highest BCUT2D eigenvalue weighted by Gasteiger charge is 2.41. The minimum atomic E-state index is -0.743. The van der Waals surface area contributed by atoms with Crippen molar-refractivity contribution in [2.24, 2.45) is 0 Å². The van der Waals surface area contributed by atoms with Gasteiger partial charge in [-0.1, -0.05) is 30.3 Å². The van der Waals surface area contributed by atoms with Gasteiger partial charge in [-0.25, -0.2) is 4.79 Å². The summed E-state index contributed by atoms with van der Waals surface area (Å²) in [4.78, 5) is 51.2. The lowest BCUT2D eigenvalue weighted by molar-refractivity contribution is -0.136. The summed E-state index contributed by atoms with van der Waals surface area (Å²) in [7, 11) is 2.90. The van der Waals surface area contributed by atoms with Crippen molar-refractivity contribution < 1.29 is 38.1 Å². The molecule has 206 valence electrons. The maximum atomic E-state index is 13.3. The second-order valence-electron chi connectivity index (χ2n) is 9.17. The van der Waals surface area contributed by atoms with E-state index in [1.165, 1.54) is 19.1 Å². The number of nitrogens with zero attached hydrogens (tertiary/aromatic N) is 1. The van der Waals surface area contributed by atoms with Crippen LogP contribution in [0.1, 0.15) is 34.3 Å². The van der Waals surface area contributed by atoms with Crippen LogP contribution < -0.4 is 24.8 Å². The number of imide groups is 1. The zero-order valence-corrected chi connectivity index (χ0v) is 21.9. The fourth-order valence-electron chi connectivity index (χ4n) is 4.76. The quantitative estimate of drug-likeness (QED) is 0.406. The molecule has 2 aliphatic heterocycles. The van der Waals surface area contributed by atoms with E-state index in [0.717, 1.165) is 0 Å². The number of carbonyl (C=O) groups is 4. The molecule has 2 N–H and O–H groups in total. The van der Waals surface area contributed by atoms with Gasteiger partial charge in [0.2, 0.25) is 11.8 Å². The first kappa shape index (κ1) is 26.5. The predicted molar refractivity (Wildman–Crippen MR) is 142 cm³/mol. The number of rotatable bonds is 8. The molecule has 2 aliphatic rings. The first-order valence-corrected chi connectivity index (χ1v) is 12.6. The van der Waals surface area contributed by atoms with Gasteiger partial charge in [0.1, 0.15) is 35.6 Å². The lowest BCUT2D eigenvalue weighted by Crippen LogP contribution is -2.52. The second-order valence-corrected chi connectivity index (χ2v) is 9.17. The first-order chi connectivity index (χ1) is 19.4. The Morgan fingerprint density at radius 3 is 2.52 bits per heavy atom. The van der Waals surface area contributed by atoms with E-state index in [4.69, 9.17) is 18.9 Å². The van der Waals surface area contributed by atoms with E-state index in [1.54, 1.807) is 30.3 Å². The molecule has 0 spiro atoms. The lowest BCUT2D eigenvalue weighted by atomic mass is 10.0. The SMILES string of the molecule is COc1cc(Oc2ccccc2)ccc1NC(=O)OCc1ccc2c(c1OC)C(=O)N(C1CCC(=O)NC1=O)C2. The van der Waals surface area contributed by atoms with Gasteiger partial charge in [-0.15, -0.1) is 0 Å². The summed E-state index contributed by atoms with van der Waals surface area (Å²) in [6.07, 6.45) is -0.324. The topological polar surface area (TPSA) is 132 Å². The number of piperidine rings is 1. The Bertz CT molecular complexity index is 1470. The molecular formula is C29H27N3O8. The third-order valence-corrected chi connectivity index (χ3v) is 6.68. The number of anilines is 1.